The van der Waals surface area contributed by atoms with Gasteiger partial charge in [-0.25, -0.2) is 9.78 Å². The Bertz CT molecular complexity index is 1250. The second-order valence-corrected chi connectivity index (χ2v) is 6.98. The monoisotopic (exact) mass is 404 g/mol. The van der Waals surface area contributed by atoms with Crippen molar-refractivity contribution in [2.75, 3.05) is 13.7 Å². The van der Waals surface area contributed by atoms with Crippen LogP contribution in [0.15, 0.2) is 47.4 Å². The fraction of sp³-hybridized carbons (Fsp3) is 0.182. The van der Waals surface area contributed by atoms with Crippen molar-refractivity contribution in [3.63, 3.8) is 0 Å². The second-order valence-electron chi connectivity index (χ2n) is 6.98. The Kier molecular flexibility index (Phi) is 5.05. The minimum absolute atomic E-state index is 0.164. The number of carbonyl (C=O) groups is 1. The molecule has 0 spiro atoms. The van der Waals surface area contributed by atoms with E-state index < -0.39 is 5.97 Å². The second kappa shape index (κ2) is 7.82. The Labute approximate surface area is 171 Å². The molecular formula is C22H20N4O4. The lowest BCUT2D eigenvalue weighted by Crippen LogP contribution is -2.24. The molecule has 8 nitrogen and oxygen atoms in total. The number of nitrogens with zero attached hydrogens (tertiary/aromatic N) is 1. The minimum atomic E-state index is -0.413. The minimum Gasteiger partial charge on any atom is -0.493 e. The summed E-state index contributed by atoms with van der Waals surface area (Å²) in [5, 5.41) is 7.84. The number of allylic oxidation sites excluding steroid dienone is 1. The molecule has 1 unspecified atom stereocenters. The van der Waals surface area contributed by atoms with Crippen molar-refractivity contribution in [2.45, 2.75) is 12.3 Å². The summed E-state index contributed by atoms with van der Waals surface area (Å²) in [6, 6.07) is 10.3. The lowest BCUT2D eigenvalue weighted by molar-refractivity contribution is 0.0600. The molecule has 30 heavy (non-hydrogen) atoms. The summed E-state index contributed by atoms with van der Waals surface area (Å²) in [6.45, 7) is 0.366. The average molecular weight is 404 g/mol. The van der Waals surface area contributed by atoms with Gasteiger partial charge in [0.25, 0.3) is 5.56 Å². The molecule has 3 aromatic rings. The van der Waals surface area contributed by atoms with Gasteiger partial charge < -0.3 is 25.6 Å². The first-order valence-electron chi connectivity index (χ1n) is 9.34. The normalized spacial score (nSPS) is 15.9. The van der Waals surface area contributed by atoms with Crippen LogP contribution < -0.4 is 16.0 Å². The lowest BCUT2D eigenvalue weighted by Gasteiger charge is -2.25. The smallest absolute Gasteiger partial charge is 0.337 e. The quantitative estimate of drug-likeness (QED) is 0.452. The predicted molar refractivity (Wildman–Crippen MR) is 113 cm³/mol. The molecule has 0 aliphatic carbocycles. The fourth-order valence-electron chi connectivity index (χ4n) is 3.57. The Morgan fingerprint density at radius 1 is 1.30 bits per heavy atom. The van der Waals surface area contributed by atoms with E-state index in [2.05, 4.69) is 9.97 Å². The van der Waals surface area contributed by atoms with Crippen molar-refractivity contribution in [3.05, 3.63) is 75.5 Å². The van der Waals surface area contributed by atoms with E-state index in [0.717, 1.165) is 11.8 Å². The summed E-state index contributed by atoms with van der Waals surface area (Å²) in [5.74, 6) is 0.655. The van der Waals surface area contributed by atoms with Crippen molar-refractivity contribution in [2.24, 2.45) is 5.73 Å². The van der Waals surface area contributed by atoms with Gasteiger partial charge in [0, 0.05) is 18.0 Å². The van der Waals surface area contributed by atoms with Crippen molar-refractivity contribution < 1.29 is 14.3 Å². The van der Waals surface area contributed by atoms with E-state index >= 15 is 0 Å². The summed E-state index contributed by atoms with van der Waals surface area (Å²) in [4.78, 5) is 32.0. The number of fused-ring (bicyclic) bond motifs is 2. The molecule has 2 heterocycles. The van der Waals surface area contributed by atoms with E-state index in [0.29, 0.717) is 52.2 Å². The summed E-state index contributed by atoms with van der Waals surface area (Å²) in [6.07, 6.45) is 3.03. The molecule has 1 aliphatic rings. The van der Waals surface area contributed by atoms with Crippen LogP contribution in [0, 0.1) is 5.41 Å². The molecule has 4 N–H and O–H groups in total. The predicted octanol–water partition coefficient (Wildman–Crippen LogP) is 2.38. The highest BCUT2D eigenvalue weighted by Crippen LogP contribution is 2.32. The molecule has 0 saturated carbocycles. The van der Waals surface area contributed by atoms with Gasteiger partial charge in [0.15, 0.2) is 0 Å². The first-order chi connectivity index (χ1) is 14.5. The third-order valence-electron chi connectivity index (χ3n) is 5.17. The molecule has 1 aliphatic heterocycles. The van der Waals surface area contributed by atoms with Gasteiger partial charge in [-0.05, 0) is 47.9 Å². The summed E-state index contributed by atoms with van der Waals surface area (Å²) in [5.41, 5.74) is 8.31. The molecule has 0 fully saturated rings. The van der Waals surface area contributed by atoms with Gasteiger partial charge in [0.05, 0.1) is 36.1 Å². The maximum atomic E-state index is 12.7. The number of carbonyl (C=O) groups excluding carboxylic acids is 1. The first-order valence-corrected chi connectivity index (χ1v) is 9.34. The number of ether oxygens (including phenoxy) is 2. The summed E-state index contributed by atoms with van der Waals surface area (Å²) in [7, 11) is 1.34. The van der Waals surface area contributed by atoms with E-state index in [1.165, 1.54) is 13.3 Å². The largest absolute Gasteiger partial charge is 0.493 e. The molecule has 0 saturated heterocycles. The molecular weight excluding hydrogens is 384 g/mol. The third-order valence-corrected chi connectivity index (χ3v) is 5.17. The Balaban J connectivity index is 1.69. The van der Waals surface area contributed by atoms with Crippen LogP contribution in [0.25, 0.3) is 16.5 Å². The molecule has 0 amide bonds. The zero-order chi connectivity index (χ0) is 21.3. The molecule has 8 heteroatoms. The Hall–Kier alpha value is -3.94. The highest BCUT2D eigenvalue weighted by atomic mass is 16.5. The third kappa shape index (κ3) is 3.43. The molecule has 0 bridgehead atoms. The molecule has 152 valence electrons. The topological polar surface area (TPSA) is 131 Å². The molecule has 1 atom stereocenters. The van der Waals surface area contributed by atoms with Crippen LogP contribution in [0.1, 0.15) is 33.2 Å². The highest BCUT2D eigenvalue weighted by molar-refractivity contribution is 6.09. The van der Waals surface area contributed by atoms with Crippen LogP contribution in [-0.4, -0.2) is 35.9 Å². The highest BCUT2D eigenvalue weighted by Gasteiger charge is 2.25. The van der Waals surface area contributed by atoms with Gasteiger partial charge in [0.1, 0.15) is 11.6 Å². The van der Waals surface area contributed by atoms with Crippen molar-refractivity contribution in [1.29, 1.82) is 5.41 Å². The maximum Gasteiger partial charge on any atom is 0.337 e. The van der Waals surface area contributed by atoms with Gasteiger partial charge in [-0.15, -0.1) is 0 Å². The van der Waals surface area contributed by atoms with Gasteiger partial charge in [0.2, 0.25) is 0 Å². The number of nitrogens with one attached hydrogen (secondary N) is 2. The van der Waals surface area contributed by atoms with Crippen molar-refractivity contribution in [1.82, 2.24) is 9.97 Å². The van der Waals surface area contributed by atoms with E-state index in [1.54, 1.807) is 36.4 Å². The standard InChI is InChI=1S/C22H20N4O4/c1-29-22(28)13-3-5-19-14(6-13)7-15(11-30-19)20-25-18-4-2-12(16(9-23)10-24)8-17(18)21(27)26-20/h2-6,8-10,15,23H,7,11,24H2,1H3,(H,25,26,27)/b16-10+,23-9?. The molecule has 0 radical (unpaired) electrons. The van der Waals surface area contributed by atoms with Crippen LogP contribution in [0.4, 0.5) is 0 Å². The van der Waals surface area contributed by atoms with E-state index in [9.17, 15) is 9.59 Å². The summed E-state index contributed by atoms with van der Waals surface area (Å²) < 4.78 is 10.6. The maximum absolute atomic E-state index is 12.7. The zero-order valence-corrected chi connectivity index (χ0v) is 16.3. The van der Waals surface area contributed by atoms with E-state index in [4.69, 9.17) is 20.6 Å². The number of hydrogen-bond acceptors (Lipinski definition) is 7. The molecule has 4 rings (SSSR count). The van der Waals surface area contributed by atoms with Crippen LogP contribution in [0.2, 0.25) is 0 Å². The molecule has 2 aromatic carbocycles. The van der Waals surface area contributed by atoms with Crippen LogP contribution in [0.3, 0.4) is 0 Å². The molecule has 1 aromatic heterocycles. The number of aromatic nitrogens is 2. The van der Waals surface area contributed by atoms with Gasteiger partial charge in [-0.2, -0.15) is 0 Å². The first kappa shape index (κ1) is 19.4. The average Bonchev–Trinajstić information content (AvgIpc) is 2.78. The van der Waals surface area contributed by atoms with Crippen LogP contribution in [0.5, 0.6) is 5.75 Å². The zero-order valence-electron chi connectivity index (χ0n) is 16.3. The van der Waals surface area contributed by atoms with Crippen molar-refractivity contribution in [3.8, 4) is 5.75 Å². The van der Waals surface area contributed by atoms with Gasteiger partial charge in [-0.1, -0.05) is 6.07 Å². The van der Waals surface area contributed by atoms with Crippen molar-refractivity contribution >= 4 is 28.7 Å². The fourth-order valence-corrected chi connectivity index (χ4v) is 3.57. The number of aromatic amines is 1. The van der Waals surface area contributed by atoms with E-state index in [-0.39, 0.29) is 11.5 Å². The SMILES string of the molecule is COC(=O)c1ccc2c(c1)CC(c1nc3ccc(/C(C=N)=C/N)cc3c(=O)[nH]1)CO2. The number of rotatable bonds is 4. The number of methoxy groups -OCH3 is 1. The van der Waals surface area contributed by atoms with Crippen LogP contribution >= 0.6 is 0 Å². The van der Waals surface area contributed by atoms with E-state index in [1.807, 2.05) is 0 Å². The Morgan fingerprint density at radius 3 is 2.83 bits per heavy atom. The summed E-state index contributed by atoms with van der Waals surface area (Å²) >= 11 is 0. The number of H-pyrrole nitrogens is 1. The number of esters is 1. The number of hydrogen-bond donors (Lipinski definition) is 3. The Morgan fingerprint density at radius 2 is 2.10 bits per heavy atom. The number of nitrogens with two attached hydrogens (primary N) is 1. The number of benzene rings is 2. The lowest BCUT2D eigenvalue weighted by atomic mass is 9.94. The van der Waals surface area contributed by atoms with Gasteiger partial charge in [-0.3, -0.25) is 4.79 Å². The van der Waals surface area contributed by atoms with Crippen LogP contribution in [-0.2, 0) is 11.2 Å². The van der Waals surface area contributed by atoms with Gasteiger partial charge >= 0.3 is 5.97 Å².